The Kier molecular flexibility index (Phi) is 4.41. The van der Waals surface area contributed by atoms with Gasteiger partial charge in [0, 0.05) is 23.0 Å². The number of nitrogens with one attached hydrogen (secondary N) is 1. The highest BCUT2D eigenvalue weighted by Gasteiger charge is 2.17. The highest BCUT2D eigenvalue weighted by molar-refractivity contribution is 9.10. The smallest absolute Gasteiger partial charge is 0.138 e. The molecule has 4 nitrogen and oxygen atoms in total. The Morgan fingerprint density at radius 3 is 3.05 bits per heavy atom. The largest absolute Gasteiger partial charge is 0.493 e. The molecule has 0 atom stereocenters. The van der Waals surface area contributed by atoms with Crippen LogP contribution in [0.4, 0.5) is 0 Å². The maximum Gasteiger partial charge on any atom is 0.138 e. The van der Waals surface area contributed by atoms with Crippen LogP contribution in [0.25, 0.3) is 0 Å². The fourth-order valence-electron chi connectivity index (χ4n) is 2.40. The molecule has 1 aromatic carbocycles. The van der Waals surface area contributed by atoms with E-state index in [4.69, 9.17) is 9.47 Å². The third-order valence-corrected chi connectivity index (χ3v) is 3.83. The maximum absolute atomic E-state index is 5.82. The number of nitrogens with zero attached hydrogens (tertiary/aromatic N) is 1. The van der Waals surface area contributed by atoms with Gasteiger partial charge < -0.3 is 14.8 Å². The minimum atomic E-state index is 0.481. The summed E-state index contributed by atoms with van der Waals surface area (Å²) in [6, 6.07) is 8.07. The van der Waals surface area contributed by atoms with Gasteiger partial charge in [0.2, 0.25) is 0 Å². The molecular formula is C16H17BrN2O2. The van der Waals surface area contributed by atoms with E-state index in [1.807, 2.05) is 25.2 Å². The number of halogens is 1. The quantitative estimate of drug-likeness (QED) is 0.901. The summed E-state index contributed by atoms with van der Waals surface area (Å²) in [5.41, 5.74) is 3.30. The van der Waals surface area contributed by atoms with Gasteiger partial charge in [-0.05, 0) is 36.9 Å². The van der Waals surface area contributed by atoms with Crippen molar-refractivity contribution in [2.45, 2.75) is 19.6 Å². The van der Waals surface area contributed by atoms with Crippen LogP contribution in [-0.2, 0) is 19.6 Å². The van der Waals surface area contributed by atoms with E-state index in [1.165, 1.54) is 5.56 Å². The summed E-state index contributed by atoms with van der Waals surface area (Å²) < 4.78 is 12.6. The Morgan fingerprint density at radius 2 is 2.29 bits per heavy atom. The number of rotatable bonds is 5. The summed E-state index contributed by atoms with van der Waals surface area (Å²) in [6.45, 7) is 1.99. The zero-order valence-electron chi connectivity index (χ0n) is 11.9. The summed E-state index contributed by atoms with van der Waals surface area (Å²) in [4.78, 5) is 4.34. The second-order valence-electron chi connectivity index (χ2n) is 4.96. The Morgan fingerprint density at radius 1 is 1.38 bits per heavy atom. The zero-order chi connectivity index (χ0) is 14.7. The van der Waals surface area contributed by atoms with Crippen LogP contribution in [0.3, 0.4) is 0 Å². The Balaban J connectivity index is 1.70. The van der Waals surface area contributed by atoms with Crippen LogP contribution in [0.15, 0.2) is 34.9 Å². The first kappa shape index (κ1) is 14.4. The van der Waals surface area contributed by atoms with Crippen molar-refractivity contribution in [1.82, 2.24) is 10.3 Å². The molecule has 2 aromatic rings. The van der Waals surface area contributed by atoms with Crippen molar-refractivity contribution in [1.29, 1.82) is 0 Å². The van der Waals surface area contributed by atoms with Crippen LogP contribution in [0.5, 0.6) is 11.5 Å². The molecule has 5 heteroatoms. The third-order valence-electron chi connectivity index (χ3n) is 3.38. The van der Waals surface area contributed by atoms with E-state index in [-0.39, 0.29) is 0 Å². The predicted molar refractivity (Wildman–Crippen MR) is 84.7 cm³/mol. The maximum atomic E-state index is 5.82. The van der Waals surface area contributed by atoms with Crippen molar-refractivity contribution in [2.75, 3.05) is 13.7 Å². The van der Waals surface area contributed by atoms with Gasteiger partial charge in [0.1, 0.15) is 18.1 Å². The molecule has 0 bridgehead atoms. The van der Waals surface area contributed by atoms with Crippen LogP contribution in [0.1, 0.15) is 16.8 Å². The van der Waals surface area contributed by atoms with Gasteiger partial charge in [0.15, 0.2) is 0 Å². The summed E-state index contributed by atoms with van der Waals surface area (Å²) >= 11 is 3.54. The van der Waals surface area contributed by atoms with Gasteiger partial charge in [-0.1, -0.05) is 15.9 Å². The minimum Gasteiger partial charge on any atom is -0.493 e. The zero-order valence-corrected chi connectivity index (χ0v) is 13.4. The van der Waals surface area contributed by atoms with Crippen LogP contribution in [0, 0.1) is 0 Å². The molecule has 0 radical (unpaired) electrons. The van der Waals surface area contributed by atoms with Crippen molar-refractivity contribution in [3.63, 3.8) is 0 Å². The molecule has 0 spiro atoms. The fraction of sp³-hybridized carbons (Fsp3) is 0.312. The van der Waals surface area contributed by atoms with Crippen molar-refractivity contribution in [2.24, 2.45) is 0 Å². The Hall–Kier alpha value is -1.59. The van der Waals surface area contributed by atoms with Crippen molar-refractivity contribution < 1.29 is 9.47 Å². The Labute approximate surface area is 132 Å². The molecule has 1 aromatic heterocycles. The second-order valence-corrected chi connectivity index (χ2v) is 5.87. The number of pyridine rings is 1. The van der Waals surface area contributed by atoms with Crippen molar-refractivity contribution in [3.05, 3.63) is 51.8 Å². The number of fused-ring (bicyclic) bond motifs is 1. The summed E-state index contributed by atoms with van der Waals surface area (Å²) in [5, 5.41) is 3.07. The first-order valence-corrected chi connectivity index (χ1v) is 7.72. The lowest BCUT2D eigenvalue weighted by Crippen LogP contribution is -2.06. The average Bonchev–Trinajstić information content (AvgIpc) is 2.94. The highest BCUT2D eigenvalue weighted by atomic mass is 79.9. The molecular weight excluding hydrogens is 332 g/mol. The first-order valence-electron chi connectivity index (χ1n) is 6.92. The molecule has 1 aliphatic rings. The van der Waals surface area contributed by atoms with Crippen LogP contribution in [-0.4, -0.2) is 18.6 Å². The molecule has 1 aliphatic heterocycles. The molecule has 0 fully saturated rings. The molecule has 110 valence electrons. The van der Waals surface area contributed by atoms with Gasteiger partial charge >= 0.3 is 0 Å². The Bertz CT molecular complexity index is 629. The van der Waals surface area contributed by atoms with Crippen LogP contribution in [0.2, 0.25) is 0 Å². The highest BCUT2D eigenvalue weighted by Crippen LogP contribution is 2.33. The monoisotopic (exact) mass is 348 g/mol. The number of hydrogen-bond donors (Lipinski definition) is 1. The van der Waals surface area contributed by atoms with Gasteiger partial charge in [0.25, 0.3) is 0 Å². The van der Waals surface area contributed by atoms with E-state index in [0.29, 0.717) is 6.61 Å². The molecule has 0 saturated heterocycles. The lowest BCUT2D eigenvalue weighted by molar-refractivity contribution is 0.290. The number of ether oxygens (including phenoxy) is 2. The molecule has 0 aliphatic carbocycles. The SMILES string of the molecule is CNCc1ccc(OCc2cc(Br)cc3c2OCC3)cn1. The second kappa shape index (κ2) is 6.45. The van der Waals surface area contributed by atoms with Gasteiger partial charge in [-0.3, -0.25) is 4.98 Å². The lowest BCUT2D eigenvalue weighted by atomic mass is 10.1. The average molecular weight is 349 g/mol. The summed E-state index contributed by atoms with van der Waals surface area (Å²) in [5.74, 6) is 1.74. The predicted octanol–water partition coefficient (Wildman–Crippen LogP) is 3.08. The molecule has 3 rings (SSSR count). The van der Waals surface area contributed by atoms with Crippen LogP contribution >= 0.6 is 15.9 Å². The topological polar surface area (TPSA) is 43.4 Å². The molecule has 0 amide bonds. The number of aromatic nitrogens is 1. The van der Waals surface area contributed by atoms with Gasteiger partial charge in [0.05, 0.1) is 18.5 Å². The summed E-state index contributed by atoms with van der Waals surface area (Å²) in [7, 11) is 1.90. The molecule has 21 heavy (non-hydrogen) atoms. The minimum absolute atomic E-state index is 0.481. The van der Waals surface area contributed by atoms with Crippen molar-refractivity contribution >= 4 is 15.9 Å². The normalized spacial score (nSPS) is 12.9. The lowest BCUT2D eigenvalue weighted by Gasteiger charge is -2.11. The molecule has 0 unspecified atom stereocenters. The van der Waals surface area contributed by atoms with E-state index >= 15 is 0 Å². The van der Waals surface area contributed by atoms with E-state index in [0.717, 1.165) is 46.8 Å². The van der Waals surface area contributed by atoms with E-state index in [9.17, 15) is 0 Å². The van der Waals surface area contributed by atoms with E-state index in [2.05, 4.69) is 32.3 Å². The molecule has 1 N–H and O–H groups in total. The van der Waals surface area contributed by atoms with Gasteiger partial charge in [-0.15, -0.1) is 0 Å². The number of hydrogen-bond acceptors (Lipinski definition) is 4. The van der Waals surface area contributed by atoms with Crippen LogP contribution < -0.4 is 14.8 Å². The molecule has 0 saturated carbocycles. The van der Waals surface area contributed by atoms with Gasteiger partial charge in [-0.2, -0.15) is 0 Å². The molecule has 2 heterocycles. The van der Waals surface area contributed by atoms with E-state index < -0.39 is 0 Å². The fourth-order valence-corrected chi connectivity index (χ4v) is 2.95. The third kappa shape index (κ3) is 3.36. The van der Waals surface area contributed by atoms with Gasteiger partial charge in [-0.25, -0.2) is 0 Å². The van der Waals surface area contributed by atoms with Crippen molar-refractivity contribution in [3.8, 4) is 11.5 Å². The summed E-state index contributed by atoms with van der Waals surface area (Å²) in [6.07, 6.45) is 2.72. The first-order chi connectivity index (χ1) is 10.3. The standard InChI is InChI=1S/C16H17BrN2O2/c1-18-8-14-2-3-15(9-19-14)21-10-12-7-13(17)6-11-4-5-20-16(11)12/h2-3,6-7,9,18H,4-5,8,10H2,1H3. The van der Waals surface area contributed by atoms with E-state index in [1.54, 1.807) is 6.20 Å². The number of benzene rings is 1.